The van der Waals surface area contributed by atoms with E-state index in [9.17, 15) is 19.2 Å². The van der Waals surface area contributed by atoms with E-state index in [2.05, 4.69) is 10.6 Å². The standard InChI is InChI=1S/C22H22N2O6S/c1-3-30-22(29)15-4-6-16(7-5-15)24-20(26)13-31-18-10-8-17(9-11-18)23-19(25)12-14(2)21(27)28/h4-12H,3,13H2,1-2H3,(H,23,25)(H,24,26)(H,27,28)/b14-12+. The molecule has 0 radical (unpaired) electrons. The van der Waals surface area contributed by atoms with Gasteiger partial charge in [-0.2, -0.15) is 0 Å². The minimum Gasteiger partial charge on any atom is -0.478 e. The Morgan fingerprint density at radius 2 is 1.55 bits per heavy atom. The quantitative estimate of drug-likeness (QED) is 0.308. The lowest BCUT2D eigenvalue weighted by molar-refractivity contribution is -0.132. The SMILES string of the molecule is CCOC(=O)c1ccc(NC(=O)CSc2ccc(NC(=O)/C=C(\C)C(=O)O)cc2)cc1. The van der Waals surface area contributed by atoms with Crippen LogP contribution in [0.4, 0.5) is 11.4 Å². The number of hydrogen-bond acceptors (Lipinski definition) is 6. The summed E-state index contributed by atoms with van der Waals surface area (Å²) in [5.41, 5.74) is 1.43. The van der Waals surface area contributed by atoms with Crippen LogP contribution in [0, 0.1) is 0 Å². The van der Waals surface area contributed by atoms with Gasteiger partial charge in [0.2, 0.25) is 11.8 Å². The highest BCUT2D eigenvalue weighted by Gasteiger charge is 2.08. The van der Waals surface area contributed by atoms with Crippen molar-refractivity contribution < 1.29 is 29.0 Å². The van der Waals surface area contributed by atoms with Crippen LogP contribution in [0.2, 0.25) is 0 Å². The Kier molecular flexibility index (Phi) is 8.83. The van der Waals surface area contributed by atoms with Crippen LogP contribution in [0.15, 0.2) is 65.1 Å². The van der Waals surface area contributed by atoms with Crippen LogP contribution in [-0.2, 0) is 19.1 Å². The fourth-order valence-corrected chi connectivity index (χ4v) is 3.02. The van der Waals surface area contributed by atoms with Gasteiger partial charge in [-0.1, -0.05) is 0 Å². The minimum atomic E-state index is -1.16. The third-order valence-electron chi connectivity index (χ3n) is 3.86. The predicted molar refractivity (Wildman–Crippen MR) is 118 cm³/mol. The molecule has 0 aliphatic heterocycles. The molecule has 0 saturated heterocycles. The zero-order valence-electron chi connectivity index (χ0n) is 17.0. The number of anilines is 2. The maximum Gasteiger partial charge on any atom is 0.338 e. The molecule has 2 aromatic rings. The highest BCUT2D eigenvalue weighted by Crippen LogP contribution is 2.21. The zero-order chi connectivity index (χ0) is 22.8. The Bertz CT molecular complexity index is 984. The van der Waals surface area contributed by atoms with Gasteiger partial charge in [-0.05, 0) is 62.4 Å². The van der Waals surface area contributed by atoms with Gasteiger partial charge in [-0.25, -0.2) is 9.59 Å². The summed E-state index contributed by atoms with van der Waals surface area (Å²) in [6.07, 6.45) is 1.01. The number of carbonyl (C=O) groups excluding carboxylic acids is 3. The minimum absolute atomic E-state index is 0.0637. The van der Waals surface area contributed by atoms with E-state index in [1.54, 1.807) is 55.5 Å². The second-order valence-electron chi connectivity index (χ2n) is 6.28. The third kappa shape index (κ3) is 7.98. The maximum atomic E-state index is 12.1. The Balaban J connectivity index is 1.83. The second-order valence-corrected chi connectivity index (χ2v) is 7.33. The van der Waals surface area contributed by atoms with E-state index < -0.39 is 17.8 Å². The van der Waals surface area contributed by atoms with Crippen molar-refractivity contribution in [2.75, 3.05) is 23.0 Å². The smallest absolute Gasteiger partial charge is 0.338 e. The first-order valence-electron chi connectivity index (χ1n) is 9.31. The molecule has 162 valence electrons. The molecule has 0 atom stereocenters. The zero-order valence-corrected chi connectivity index (χ0v) is 17.8. The summed E-state index contributed by atoms with van der Waals surface area (Å²) < 4.78 is 4.91. The number of benzene rings is 2. The fourth-order valence-electron chi connectivity index (χ4n) is 2.32. The Morgan fingerprint density at radius 1 is 0.968 bits per heavy atom. The van der Waals surface area contributed by atoms with Gasteiger partial charge in [-0.15, -0.1) is 11.8 Å². The summed E-state index contributed by atoms with van der Waals surface area (Å²) in [6.45, 7) is 3.36. The van der Waals surface area contributed by atoms with Crippen molar-refractivity contribution in [3.63, 3.8) is 0 Å². The van der Waals surface area contributed by atoms with Crippen molar-refractivity contribution in [1.82, 2.24) is 0 Å². The number of carboxylic acid groups (broad SMARTS) is 1. The van der Waals surface area contributed by atoms with E-state index in [4.69, 9.17) is 9.84 Å². The molecule has 0 saturated carbocycles. The van der Waals surface area contributed by atoms with Gasteiger partial charge in [0, 0.05) is 27.9 Å². The number of amides is 2. The van der Waals surface area contributed by atoms with Crippen molar-refractivity contribution in [2.45, 2.75) is 18.7 Å². The van der Waals surface area contributed by atoms with Gasteiger partial charge in [0.25, 0.3) is 0 Å². The van der Waals surface area contributed by atoms with Gasteiger partial charge in [0.1, 0.15) is 0 Å². The van der Waals surface area contributed by atoms with Gasteiger partial charge in [-0.3, -0.25) is 9.59 Å². The molecule has 2 aromatic carbocycles. The van der Waals surface area contributed by atoms with E-state index >= 15 is 0 Å². The number of thioether (sulfide) groups is 1. The first kappa shape index (κ1) is 23.7. The van der Waals surface area contributed by atoms with Crippen molar-refractivity contribution in [3.05, 3.63) is 65.7 Å². The normalized spacial score (nSPS) is 10.8. The number of ether oxygens (including phenoxy) is 1. The number of carboxylic acids is 1. The molecule has 9 heteroatoms. The lowest BCUT2D eigenvalue weighted by atomic mass is 10.2. The van der Waals surface area contributed by atoms with Crippen LogP contribution < -0.4 is 10.6 Å². The number of aliphatic carboxylic acids is 1. The predicted octanol–water partition coefficient (Wildman–Crippen LogP) is 3.56. The Labute approximate surface area is 183 Å². The van der Waals surface area contributed by atoms with Gasteiger partial charge in [0.05, 0.1) is 17.9 Å². The molecule has 8 nitrogen and oxygen atoms in total. The van der Waals surface area contributed by atoms with Crippen LogP contribution in [0.3, 0.4) is 0 Å². The summed E-state index contributed by atoms with van der Waals surface area (Å²) in [6, 6.07) is 13.2. The van der Waals surface area contributed by atoms with Crippen molar-refractivity contribution in [1.29, 1.82) is 0 Å². The molecular formula is C22H22N2O6S. The topological polar surface area (TPSA) is 122 Å². The molecule has 0 unspecified atom stereocenters. The summed E-state index contributed by atoms with van der Waals surface area (Å²) in [5, 5.41) is 14.1. The van der Waals surface area contributed by atoms with Crippen LogP contribution in [0.25, 0.3) is 0 Å². The Morgan fingerprint density at radius 3 is 2.13 bits per heavy atom. The van der Waals surface area contributed by atoms with Crippen LogP contribution in [0.5, 0.6) is 0 Å². The molecule has 31 heavy (non-hydrogen) atoms. The monoisotopic (exact) mass is 442 g/mol. The first-order chi connectivity index (χ1) is 14.8. The molecule has 2 amide bonds. The van der Waals surface area contributed by atoms with E-state index in [-0.39, 0.29) is 17.2 Å². The average molecular weight is 442 g/mol. The number of hydrogen-bond donors (Lipinski definition) is 3. The van der Waals surface area contributed by atoms with Gasteiger partial charge in [0.15, 0.2) is 0 Å². The van der Waals surface area contributed by atoms with Gasteiger partial charge >= 0.3 is 11.9 Å². The fraction of sp³-hybridized carbons (Fsp3) is 0.182. The van der Waals surface area contributed by atoms with Crippen LogP contribution >= 0.6 is 11.8 Å². The molecule has 0 spiro atoms. The lowest BCUT2D eigenvalue weighted by Gasteiger charge is -2.07. The molecular weight excluding hydrogens is 420 g/mol. The second kappa shape index (κ2) is 11.6. The van der Waals surface area contributed by atoms with Crippen LogP contribution in [0.1, 0.15) is 24.2 Å². The van der Waals surface area contributed by atoms with Crippen molar-refractivity contribution in [2.24, 2.45) is 0 Å². The summed E-state index contributed by atoms with van der Waals surface area (Å²) >= 11 is 1.32. The molecule has 0 bridgehead atoms. The molecule has 2 rings (SSSR count). The van der Waals surface area contributed by atoms with E-state index in [1.165, 1.54) is 18.7 Å². The molecule has 3 N–H and O–H groups in total. The summed E-state index contributed by atoms with van der Waals surface area (Å²) in [7, 11) is 0. The number of rotatable bonds is 9. The van der Waals surface area contributed by atoms with Crippen LogP contribution in [-0.4, -0.2) is 41.2 Å². The first-order valence-corrected chi connectivity index (χ1v) is 10.3. The van der Waals surface area contributed by atoms with Crippen molar-refractivity contribution >= 4 is 46.9 Å². The summed E-state index contributed by atoms with van der Waals surface area (Å²) in [4.78, 5) is 47.1. The van der Waals surface area contributed by atoms with Gasteiger partial charge < -0.3 is 20.5 Å². The highest BCUT2D eigenvalue weighted by molar-refractivity contribution is 8.00. The largest absolute Gasteiger partial charge is 0.478 e. The number of nitrogens with one attached hydrogen (secondary N) is 2. The lowest BCUT2D eigenvalue weighted by Crippen LogP contribution is -2.14. The molecule has 0 aliphatic rings. The van der Waals surface area contributed by atoms with E-state index in [0.717, 1.165) is 11.0 Å². The molecule has 0 heterocycles. The number of carbonyl (C=O) groups is 4. The average Bonchev–Trinajstić information content (AvgIpc) is 2.73. The van der Waals surface area contributed by atoms with Crippen molar-refractivity contribution in [3.8, 4) is 0 Å². The number of esters is 1. The molecule has 0 aromatic heterocycles. The summed E-state index contributed by atoms with van der Waals surface area (Å²) in [5.74, 6) is -2.14. The third-order valence-corrected chi connectivity index (χ3v) is 4.87. The Hall–Kier alpha value is -3.59. The maximum absolute atomic E-state index is 12.1. The molecule has 0 aliphatic carbocycles. The highest BCUT2D eigenvalue weighted by atomic mass is 32.2. The molecule has 0 fully saturated rings. The van der Waals surface area contributed by atoms with E-state index in [0.29, 0.717) is 23.5 Å². The van der Waals surface area contributed by atoms with E-state index in [1.807, 2.05) is 0 Å².